The summed E-state index contributed by atoms with van der Waals surface area (Å²) in [6, 6.07) is -0.721. The highest BCUT2D eigenvalue weighted by atomic mass is 19.4. The molecule has 4 nitrogen and oxygen atoms in total. The summed E-state index contributed by atoms with van der Waals surface area (Å²) in [5, 5.41) is 9.30. The number of alkyl halides is 3. The number of halogens is 3. The van der Waals surface area contributed by atoms with Crippen molar-refractivity contribution in [2.24, 2.45) is 11.7 Å². The Bertz CT molecular complexity index is 243. The van der Waals surface area contributed by atoms with Gasteiger partial charge in [0.1, 0.15) is 0 Å². The van der Waals surface area contributed by atoms with E-state index < -0.39 is 12.1 Å². The molecule has 0 aromatic heterocycles. The van der Waals surface area contributed by atoms with Crippen molar-refractivity contribution in [1.29, 1.82) is 0 Å². The summed E-state index contributed by atoms with van der Waals surface area (Å²) in [5.41, 5.74) is 5.84. The average molecular weight is 270 g/mol. The van der Waals surface area contributed by atoms with Gasteiger partial charge in [-0.25, -0.2) is 0 Å². The fraction of sp³-hybridized carbons (Fsp3) is 1.00. The standard InChI is InChI=1S/C11H21F3N2O2/c1-18-7-9(15)10(6-17)16-4-2-8(3-5-16)11(12,13)14/h8-10,17H,2-7,15H2,1H3. The van der Waals surface area contributed by atoms with Crippen molar-refractivity contribution >= 4 is 0 Å². The van der Waals surface area contributed by atoms with Crippen LogP contribution in [-0.4, -0.2) is 61.7 Å². The van der Waals surface area contributed by atoms with Crippen molar-refractivity contribution in [2.75, 3.05) is 33.4 Å². The highest BCUT2D eigenvalue weighted by Gasteiger charge is 2.42. The molecule has 0 radical (unpaired) electrons. The van der Waals surface area contributed by atoms with E-state index in [1.165, 1.54) is 7.11 Å². The number of nitrogens with two attached hydrogens (primary N) is 1. The number of ether oxygens (including phenoxy) is 1. The lowest BCUT2D eigenvalue weighted by atomic mass is 9.94. The Kier molecular flexibility index (Phi) is 5.84. The molecule has 1 aliphatic rings. The Morgan fingerprint density at radius 3 is 2.33 bits per heavy atom. The van der Waals surface area contributed by atoms with Crippen LogP contribution in [-0.2, 0) is 4.74 Å². The maximum Gasteiger partial charge on any atom is 0.391 e. The number of aliphatic hydroxyl groups excluding tert-OH is 1. The van der Waals surface area contributed by atoms with Gasteiger partial charge in [-0.1, -0.05) is 0 Å². The lowest BCUT2D eigenvalue weighted by Gasteiger charge is -2.39. The van der Waals surface area contributed by atoms with E-state index in [1.807, 2.05) is 4.90 Å². The molecule has 0 aromatic carbocycles. The first-order valence-corrected chi connectivity index (χ1v) is 6.06. The highest BCUT2D eigenvalue weighted by molar-refractivity contribution is 4.86. The maximum atomic E-state index is 12.5. The maximum absolute atomic E-state index is 12.5. The molecule has 0 aromatic rings. The van der Waals surface area contributed by atoms with E-state index in [1.54, 1.807) is 0 Å². The normalized spacial score (nSPS) is 23.0. The third kappa shape index (κ3) is 4.08. The molecular formula is C11H21F3N2O2. The number of hydrogen-bond acceptors (Lipinski definition) is 4. The number of aliphatic hydroxyl groups is 1. The van der Waals surface area contributed by atoms with Gasteiger partial charge in [-0.2, -0.15) is 13.2 Å². The predicted molar refractivity (Wildman–Crippen MR) is 61.1 cm³/mol. The lowest BCUT2D eigenvalue weighted by Crippen LogP contribution is -2.55. The average Bonchev–Trinajstić information content (AvgIpc) is 2.30. The fourth-order valence-electron chi connectivity index (χ4n) is 2.38. The van der Waals surface area contributed by atoms with E-state index in [0.29, 0.717) is 13.1 Å². The van der Waals surface area contributed by atoms with Crippen LogP contribution in [0.5, 0.6) is 0 Å². The molecule has 108 valence electrons. The van der Waals surface area contributed by atoms with Crippen molar-refractivity contribution in [3.8, 4) is 0 Å². The third-order valence-electron chi connectivity index (χ3n) is 3.50. The minimum atomic E-state index is -4.12. The SMILES string of the molecule is COCC(N)C(CO)N1CCC(C(F)(F)F)CC1. The summed E-state index contributed by atoms with van der Waals surface area (Å²) in [6.07, 6.45) is -3.98. The zero-order valence-electron chi connectivity index (χ0n) is 10.5. The number of likely N-dealkylation sites (tertiary alicyclic amines) is 1. The zero-order valence-corrected chi connectivity index (χ0v) is 10.5. The van der Waals surface area contributed by atoms with E-state index >= 15 is 0 Å². The predicted octanol–water partition coefficient (Wildman–Crippen LogP) is 0.595. The molecule has 0 amide bonds. The van der Waals surface area contributed by atoms with Gasteiger partial charge < -0.3 is 15.6 Å². The van der Waals surface area contributed by atoms with Crippen LogP contribution < -0.4 is 5.73 Å². The topological polar surface area (TPSA) is 58.7 Å². The van der Waals surface area contributed by atoms with Crippen molar-refractivity contribution in [3.05, 3.63) is 0 Å². The van der Waals surface area contributed by atoms with Gasteiger partial charge in [-0.05, 0) is 25.9 Å². The van der Waals surface area contributed by atoms with Gasteiger partial charge in [0, 0.05) is 13.2 Å². The Morgan fingerprint density at radius 2 is 1.94 bits per heavy atom. The minimum Gasteiger partial charge on any atom is -0.395 e. The number of methoxy groups -OCH3 is 1. The minimum absolute atomic E-state index is 0.0691. The van der Waals surface area contributed by atoms with Crippen molar-refractivity contribution < 1.29 is 23.0 Å². The summed E-state index contributed by atoms with van der Waals surface area (Å²) >= 11 is 0. The molecule has 1 fully saturated rings. The molecule has 1 aliphatic heterocycles. The molecule has 1 heterocycles. The molecule has 0 spiro atoms. The van der Waals surface area contributed by atoms with Crippen LogP contribution in [0, 0.1) is 5.92 Å². The van der Waals surface area contributed by atoms with Gasteiger partial charge in [0.2, 0.25) is 0 Å². The molecule has 1 rings (SSSR count). The van der Waals surface area contributed by atoms with E-state index in [4.69, 9.17) is 10.5 Å². The summed E-state index contributed by atoms with van der Waals surface area (Å²) in [5.74, 6) is -1.23. The molecule has 3 N–H and O–H groups in total. The summed E-state index contributed by atoms with van der Waals surface area (Å²) in [7, 11) is 1.50. The van der Waals surface area contributed by atoms with Gasteiger partial charge in [0.15, 0.2) is 0 Å². The van der Waals surface area contributed by atoms with Gasteiger partial charge in [-0.3, -0.25) is 4.90 Å². The molecule has 0 aliphatic carbocycles. The molecule has 2 unspecified atom stereocenters. The number of nitrogens with zero attached hydrogens (tertiary/aromatic N) is 1. The second-order valence-corrected chi connectivity index (χ2v) is 4.72. The summed E-state index contributed by atoms with van der Waals surface area (Å²) < 4.78 is 42.5. The van der Waals surface area contributed by atoms with Crippen LogP contribution in [0.1, 0.15) is 12.8 Å². The fourth-order valence-corrected chi connectivity index (χ4v) is 2.38. The molecule has 1 saturated heterocycles. The number of hydrogen-bond donors (Lipinski definition) is 2. The number of piperidine rings is 1. The summed E-state index contributed by atoms with van der Waals surface area (Å²) in [6.45, 7) is 0.741. The van der Waals surface area contributed by atoms with E-state index in [0.717, 1.165) is 0 Å². The first-order chi connectivity index (χ1) is 8.40. The quantitative estimate of drug-likeness (QED) is 0.768. The first kappa shape index (κ1) is 15.7. The van der Waals surface area contributed by atoms with Crippen LogP contribution >= 0.6 is 0 Å². The third-order valence-corrected chi connectivity index (χ3v) is 3.50. The van der Waals surface area contributed by atoms with E-state index in [9.17, 15) is 18.3 Å². The first-order valence-electron chi connectivity index (χ1n) is 6.06. The Hall–Kier alpha value is -0.370. The summed E-state index contributed by atoms with van der Waals surface area (Å²) in [4.78, 5) is 1.83. The Balaban J connectivity index is 2.50. The molecular weight excluding hydrogens is 249 g/mol. The Labute approximate surface area is 105 Å². The van der Waals surface area contributed by atoms with Crippen LogP contribution in [0.2, 0.25) is 0 Å². The Morgan fingerprint density at radius 1 is 1.39 bits per heavy atom. The monoisotopic (exact) mass is 270 g/mol. The largest absolute Gasteiger partial charge is 0.395 e. The molecule has 2 atom stereocenters. The van der Waals surface area contributed by atoms with Crippen LogP contribution in [0.3, 0.4) is 0 Å². The van der Waals surface area contributed by atoms with Crippen molar-refractivity contribution in [3.63, 3.8) is 0 Å². The van der Waals surface area contributed by atoms with Gasteiger partial charge in [-0.15, -0.1) is 0 Å². The van der Waals surface area contributed by atoms with Crippen LogP contribution in [0.25, 0.3) is 0 Å². The van der Waals surface area contributed by atoms with Crippen molar-refractivity contribution in [2.45, 2.75) is 31.1 Å². The highest BCUT2D eigenvalue weighted by Crippen LogP contribution is 2.34. The molecule has 0 bridgehead atoms. The van der Waals surface area contributed by atoms with Gasteiger partial charge >= 0.3 is 6.18 Å². The lowest BCUT2D eigenvalue weighted by molar-refractivity contribution is -0.186. The smallest absolute Gasteiger partial charge is 0.391 e. The van der Waals surface area contributed by atoms with Crippen molar-refractivity contribution in [1.82, 2.24) is 4.90 Å². The van der Waals surface area contributed by atoms with Gasteiger partial charge in [0.05, 0.1) is 25.2 Å². The van der Waals surface area contributed by atoms with Crippen LogP contribution in [0.15, 0.2) is 0 Å². The molecule has 18 heavy (non-hydrogen) atoms. The second-order valence-electron chi connectivity index (χ2n) is 4.72. The van der Waals surface area contributed by atoms with Crippen LogP contribution in [0.4, 0.5) is 13.2 Å². The second kappa shape index (κ2) is 6.70. The molecule has 0 saturated carbocycles. The van der Waals surface area contributed by atoms with E-state index in [2.05, 4.69) is 0 Å². The van der Waals surface area contributed by atoms with Gasteiger partial charge in [0.25, 0.3) is 0 Å². The zero-order chi connectivity index (χ0) is 13.8. The number of rotatable bonds is 5. The molecule has 7 heteroatoms. The van der Waals surface area contributed by atoms with E-state index in [-0.39, 0.29) is 38.1 Å².